The fraction of sp³-hybridized carbons (Fsp3) is 0.0625. The molecule has 0 fully saturated rings. The molecule has 110 valence electrons. The van der Waals surface area contributed by atoms with E-state index < -0.39 is 0 Å². The average Bonchev–Trinajstić information content (AvgIpc) is 2.95. The molecule has 0 aliphatic heterocycles. The first kappa shape index (κ1) is 13.8. The van der Waals surface area contributed by atoms with Gasteiger partial charge in [-0.15, -0.1) is 0 Å². The Morgan fingerprint density at radius 3 is 2.45 bits per heavy atom. The number of carbonyl (C=O) groups is 1. The maximum absolute atomic E-state index is 12.0. The molecule has 3 rings (SSSR count). The van der Waals surface area contributed by atoms with Crippen molar-refractivity contribution in [1.82, 2.24) is 10.1 Å². The topological polar surface area (TPSA) is 80.0 Å². The molecule has 22 heavy (non-hydrogen) atoms. The first-order valence-corrected chi connectivity index (χ1v) is 6.74. The number of rotatable bonds is 3. The summed E-state index contributed by atoms with van der Waals surface area (Å²) in [4.78, 5) is 16.1. The van der Waals surface area contributed by atoms with E-state index in [0.717, 1.165) is 11.3 Å². The molecule has 1 aromatic heterocycles. The lowest BCUT2D eigenvalue weighted by atomic mass is 10.2. The molecule has 0 aliphatic carbocycles. The molecule has 2 amide bonds. The number of amides is 2. The van der Waals surface area contributed by atoms with Crippen LogP contribution in [0, 0.1) is 6.92 Å². The third-order valence-electron chi connectivity index (χ3n) is 2.93. The molecule has 0 aliphatic rings. The van der Waals surface area contributed by atoms with Crippen LogP contribution in [0.5, 0.6) is 0 Å². The molecule has 6 heteroatoms. The second-order valence-electron chi connectivity index (χ2n) is 4.67. The number of carbonyl (C=O) groups excluding carboxylic acids is 1. The van der Waals surface area contributed by atoms with Crippen molar-refractivity contribution in [3.63, 3.8) is 0 Å². The van der Waals surface area contributed by atoms with E-state index in [1.165, 1.54) is 0 Å². The molecule has 2 N–H and O–H groups in total. The molecule has 0 unspecified atom stereocenters. The summed E-state index contributed by atoms with van der Waals surface area (Å²) < 4.78 is 5.12. The lowest BCUT2D eigenvalue weighted by Gasteiger charge is -2.08. The van der Waals surface area contributed by atoms with E-state index in [2.05, 4.69) is 20.8 Å². The zero-order valence-corrected chi connectivity index (χ0v) is 11.9. The number of nitrogens with one attached hydrogen (secondary N) is 2. The molecule has 0 spiro atoms. The maximum Gasteiger partial charge on any atom is 0.323 e. The van der Waals surface area contributed by atoms with Crippen molar-refractivity contribution in [1.29, 1.82) is 0 Å². The van der Waals surface area contributed by atoms with Crippen LogP contribution < -0.4 is 10.6 Å². The Kier molecular flexibility index (Phi) is 3.82. The summed E-state index contributed by atoms with van der Waals surface area (Å²) in [5, 5.41) is 9.27. The number of urea groups is 1. The molecule has 0 bridgehead atoms. The van der Waals surface area contributed by atoms with Crippen LogP contribution in [0.4, 0.5) is 16.2 Å². The lowest BCUT2D eigenvalue weighted by Crippen LogP contribution is -2.19. The van der Waals surface area contributed by atoms with Crippen molar-refractivity contribution in [2.75, 3.05) is 10.6 Å². The third-order valence-corrected chi connectivity index (χ3v) is 2.93. The highest BCUT2D eigenvalue weighted by molar-refractivity contribution is 6.00. The molecule has 1 heterocycles. The van der Waals surface area contributed by atoms with E-state index in [-0.39, 0.29) is 6.03 Å². The Balaban J connectivity index is 1.71. The third kappa shape index (κ3) is 3.29. The number of benzene rings is 2. The van der Waals surface area contributed by atoms with Crippen LogP contribution in [0.2, 0.25) is 0 Å². The van der Waals surface area contributed by atoms with E-state index in [0.29, 0.717) is 17.4 Å². The van der Waals surface area contributed by atoms with Crippen molar-refractivity contribution in [2.24, 2.45) is 0 Å². The van der Waals surface area contributed by atoms with Gasteiger partial charge in [-0.1, -0.05) is 29.4 Å². The number of hydrogen-bond acceptors (Lipinski definition) is 4. The van der Waals surface area contributed by atoms with Gasteiger partial charge in [-0.05, 0) is 37.3 Å². The summed E-state index contributed by atoms with van der Waals surface area (Å²) in [7, 11) is 0. The number of hydrogen-bond donors (Lipinski definition) is 2. The summed E-state index contributed by atoms with van der Waals surface area (Å²) in [6, 6.07) is 16.1. The van der Waals surface area contributed by atoms with Gasteiger partial charge in [-0.3, -0.25) is 0 Å². The standard InChI is InChI=1S/C16H14N4O2/c1-11-17-15(22-20-11)12-6-5-9-14(10-12)19-16(21)18-13-7-3-2-4-8-13/h2-10H,1H3,(H2,18,19,21). The summed E-state index contributed by atoms with van der Waals surface area (Å²) in [5.74, 6) is 0.986. The van der Waals surface area contributed by atoms with Crippen molar-refractivity contribution < 1.29 is 9.32 Å². The first-order chi connectivity index (χ1) is 10.7. The first-order valence-electron chi connectivity index (χ1n) is 6.74. The highest BCUT2D eigenvalue weighted by Crippen LogP contribution is 2.21. The molecule has 0 saturated carbocycles. The normalized spacial score (nSPS) is 10.2. The zero-order valence-electron chi connectivity index (χ0n) is 11.9. The van der Waals surface area contributed by atoms with Gasteiger partial charge in [-0.25, -0.2) is 4.79 Å². The SMILES string of the molecule is Cc1noc(-c2cccc(NC(=O)Nc3ccccc3)c2)n1. The molecule has 0 atom stereocenters. The predicted octanol–water partition coefficient (Wildman–Crippen LogP) is 3.69. The van der Waals surface area contributed by atoms with Gasteiger partial charge in [0.15, 0.2) is 5.82 Å². The van der Waals surface area contributed by atoms with E-state index in [4.69, 9.17) is 4.52 Å². The van der Waals surface area contributed by atoms with E-state index in [1.807, 2.05) is 42.5 Å². The molecule has 6 nitrogen and oxygen atoms in total. The van der Waals surface area contributed by atoms with Crippen LogP contribution in [-0.4, -0.2) is 16.2 Å². The van der Waals surface area contributed by atoms with Crippen molar-refractivity contribution in [3.8, 4) is 11.5 Å². The highest BCUT2D eigenvalue weighted by atomic mass is 16.5. The van der Waals surface area contributed by atoms with Gasteiger partial charge in [0, 0.05) is 16.9 Å². The molecule has 3 aromatic rings. The minimum atomic E-state index is -0.315. The Hall–Kier alpha value is -3.15. The lowest BCUT2D eigenvalue weighted by molar-refractivity contribution is 0.262. The predicted molar refractivity (Wildman–Crippen MR) is 83.6 cm³/mol. The quantitative estimate of drug-likeness (QED) is 0.772. The largest absolute Gasteiger partial charge is 0.334 e. The van der Waals surface area contributed by atoms with E-state index in [1.54, 1.807) is 19.1 Å². The Bertz CT molecular complexity index is 784. The smallest absolute Gasteiger partial charge is 0.323 e. The molecule has 2 aromatic carbocycles. The van der Waals surface area contributed by atoms with Crippen LogP contribution in [0.1, 0.15) is 5.82 Å². The fourth-order valence-electron chi connectivity index (χ4n) is 1.96. The minimum absolute atomic E-state index is 0.315. The zero-order chi connectivity index (χ0) is 15.4. The van der Waals surface area contributed by atoms with Gasteiger partial charge in [-0.2, -0.15) is 4.98 Å². The number of aromatic nitrogens is 2. The number of aryl methyl sites for hydroxylation is 1. The molecular weight excluding hydrogens is 280 g/mol. The van der Waals surface area contributed by atoms with Gasteiger partial charge in [0.2, 0.25) is 0 Å². The highest BCUT2D eigenvalue weighted by Gasteiger charge is 2.08. The summed E-state index contributed by atoms with van der Waals surface area (Å²) >= 11 is 0. The van der Waals surface area contributed by atoms with Crippen LogP contribution >= 0.6 is 0 Å². The van der Waals surface area contributed by atoms with Gasteiger partial charge in [0.25, 0.3) is 5.89 Å². The average molecular weight is 294 g/mol. The Morgan fingerprint density at radius 1 is 1.00 bits per heavy atom. The van der Waals surface area contributed by atoms with Gasteiger partial charge < -0.3 is 15.2 Å². The summed E-state index contributed by atoms with van der Waals surface area (Å²) in [5.41, 5.74) is 2.11. The van der Waals surface area contributed by atoms with Crippen LogP contribution in [0.15, 0.2) is 59.1 Å². The number of para-hydroxylation sites is 1. The summed E-state index contributed by atoms with van der Waals surface area (Å²) in [6.45, 7) is 1.75. The fourth-order valence-corrected chi connectivity index (χ4v) is 1.96. The Labute approximate surface area is 127 Å². The number of anilines is 2. The molecular formula is C16H14N4O2. The van der Waals surface area contributed by atoms with Gasteiger partial charge >= 0.3 is 6.03 Å². The van der Waals surface area contributed by atoms with Crippen molar-refractivity contribution in [3.05, 3.63) is 60.4 Å². The van der Waals surface area contributed by atoms with E-state index >= 15 is 0 Å². The second-order valence-corrected chi connectivity index (χ2v) is 4.67. The second kappa shape index (κ2) is 6.09. The monoisotopic (exact) mass is 294 g/mol. The minimum Gasteiger partial charge on any atom is -0.334 e. The van der Waals surface area contributed by atoms with E-state index in [9.17, 15) is 4.79 Å². The van der Waals surface area contributed by atoms with Gasteiger partial charge in [0.05, 0.1) is 0 Å². The van der Waals surface area contributed by atoms with Crippen LogP contribution in [0.25, 0.3) is 11.5 Å². The van der Waals surface area contributed by atoms with Crippen LogP contribution in [-0.2, 0) is 0 Å². The Morgan fingerprint density at radius 2 is 1.73 bits per heavy atom. The van der Waals surface area contributed by atoms with Crippen molar-refractivity contribution in [2.45, 2.75) is 6.92 Å². The molecule has 0 saturated heterocycles. The molecule has 0 radical (unpaired) electrons. The van der Waals surface area contributed by atoms with Crippen molar-refractivity contribution >= 4 is 17.4 Å². The maximum atomic E-state index is 12.0. The number of nitrogens with zero attached hydrogens (tertiary/aromatic N) is 2. The van der Waals surface area contributed by atoms with Crippen LogP contribution in [0.3, 0.4) is 0 Å². The summed E-state index contributed by atoms with van der Waals surface area (Å²) in [6.07, 6.45) is 0. The van der Waals surface area contributed by atoms with Gasteiger partial charge in [0.1, 0.15) is 0 Å².